The zero-order valence-electron chi connectivity index (χ0n) is 22.6. The average Bonchev–Trinajstić information content (AvgIpc) is 2.81. The van der Waals surface area contributed by atoms with Gasteiger partial charge in [0, 0.05) is 11.5 Å². The molecule has 0 bridgehead atoms. The highest BCUT2D eigenvalue weighted by molar-refractivity contribution is 8.02. The fraction of sp³-hybridized carbons (Fsp3) is 1.00. The van der Waals surface area contributed by atoms with Crippen molar-refractivity contribution in [3.8, 4) is 0 Å². The Morgan fingerprint density at radius 3 is 0.719 bits per heavy atom. The van der Waals surface area contributed by atoms with Crippen LogP contribution in [0.25, 0.3) is 0 Å². The van der Waals surface area contributed by atoms with Crippen LogP contribution in [0.1, 0.15) is 168 Å². The summed E-state index contributed by atoms with van der Waals surface area (Å²) in [5, 5.41) is 0. The predicted octanol–water partition coefficient (Wildman–Crippen LogP) is 11.9. The Hall–Kier alpha value is 0.700. The third kappa shape index (κ3) is 30.7. The maximum absolute atomic E-state index is 2.30. The molecule has 0 rings (SSSR count). The Morgan fingerprint density at radius 2 is 0.469 bits per heavy atom. The van der Waals surface area contributed by atoms with Gasteiger partial charge in [-0.15, -0.1) is 0 Å². The van der Waals surface area contributed by atoms with Crippen LogP contribution in [-0.4, -0.2) is 23.0 Å². The first kappa shape index (κ1) is 32.7. The molecule has 0 amide bonds. The topological polar surface area (TPSA) is 0 Å². The summed E-state index contributed by atoms with van der Waals surface area (Å²) in [5.41, 5.74) is 0. The van der Waals surface area contributed by atoms with E-state index in [0.717, 1.165) is 0 Å². The van der Waals surface area contributed by atoms with Gasteiger partial charge >= 0.3 is 0 Å². The van der Waals surface area contributed by atoms with Crippen LogP contribution in [-0.2, 0) is 0 Å². The van der Waals surface area contributed by atoms with E-state index in [1.807, 2.05) is 0 Å². The first-order chi connectivity index (χ1) is 15.9. The van der Waals surface area contributed by atoms with Crippen molar-refractivity contribution in [2.24, 2.45) is 0 Å². The Morgan fingerprint density at radius 1 is 0.250 bits per heavy atom. The van der Waals surface area contributed by atoms with Crippen LogP contribution in [0.2, 0.25) is 0 Å². The van der Waals surface area contributed by atoms with E-state index in [1.54, 1.807) is 0 Å². The number of hydrogen-bond donors (Lipinski definition) is 0. The molecule has 0 aromatic heterocycles. The number of rotatable bonds is 29. The highest BCUT2D eigenvalue weighted by Crippen LogP contribution is 2.16. The summed E-state index contributed by atoms with van der Waals surface area (Å²) >= 11 is 4.40. The SMILES string of the molecule is CCCCCCCCCCCCCCSCCSCCCCCCCCCCCCCC. The molecule has 0 aliphatic carbocycles. The number of thioether (sulfide) groups is 2. The molecule has 32 heavy (non-hydrogen) atoms. The second-order valence-corrected chi connectivity index (χ2v) is 12.5. The molecule has 0 radical (unpaired) electrons. The first-order valence-electron chi connectivity index (χ1n) is 15.1. The average molecular weight is 487 g/mol. The van der Waals surface area contributed by atoms with Gasteiger partial charge in [-0.25, -0.2) is 0 Å². The van der Waals surface area contributed by atoms with Crippen molar-refractivity contribution in [1.29, 1.82) is 0 Å². The summed E-state index contributed by atoms with van der Waals surface area (Å²) < 4.78 is 0. The third-order valence-electron chi connectivity index (χ3n) is 6.66. The van der Waals surface area contributed by atoms with Gasteiger partial charge in [0.05, 0.1) is 0 Å². The molecule has 0 fully saturated rings. The summed E-state index contributed by atoms with van der Waals surface area (Å²) in [4.78, 5) is 0. The Kier molecular flexibility index (Phi) is 32.4. The van der Waals surface area contributed by atoms with E-state index in [1.165, 1.54) is 177 Å². The highest BCUT2D eigenvalue weighted by Gasteiger charge is 1.96. The molecular formula is C30H62S2. The summed E-state index contributed by atoms with van der Waals surface area (Å²) in [6.45, 7) is 4.61. The van der Waals surface area contributed by atoms with Gasteiger partial charge in [-0.1, -0.05) is 155 Å². The largest absolute Gasteiger partial charge is 0.161 e. The van der Waals surface area contributed by atoms with E-state index in [-0.39, 0.29) is 0 Å². The van der Waals surface area contributed by atoms with Crippen molar-refractivity contribution in [1.82, 2.24) is 0 Å². The summed E-state index contributed by atoms with van der Waals surface area (Å²) in [5.74, 6) is 5.55. The second-order valence-electron chi connectivity index (χ2n) is 10.0. The smallest absolute Gasteiger partial charge is 0.00235 e. The van der Waals surface area contributed by atoms with Crippen molar-refractivity contribution in [3.05, 3.63) is 0 Å². The van der Waals surface area contributed by atoms with Gasteiger partial charge in [0.15, 0.2) is 0 Å². The molecule has 0 N–H and O–H groups in total. The Labute approximate surface area is 214 Å². The predicted molar refractivity (Wildman–Crippen MR) is 157 cm³/mol. The maximum atomic E-state index is 2.30. The molecule has 0 aliphatic rings. The minimum absolute atomic E-state index is 1.37. The van der Waals surface area contributed by atoms with Crippen LogP contribution in [0.5, 0.6) is 0 Å². The summed E-state index contributed by atoms with van der Waals surface area (Å²) in [6, 6.07) is 0. The van der Waals surface area contributed by atoms with Crippen LogP contribution < -0.4 is 0 Å². The molecule has 0 spiro atoms. The fourth-order valence-electron chi connectivity index (χ4n) is 4.41. The van der Waals surface area contributed by atoms with Crippen molar-refractivity contribution >= 4 is 23.5 Å². The van der Waals surface area contributed by atoms with Gasteiger partial charge in [-0.3, -0.25) is 0 Å². The fourth-order valence-corrected chi connectivity index (χ4v) is 6.58. The van der Waals surface area contributed by atoms with E-state index in [4.69, 9.17) is 0 Å². The van der Waals surface area contributed by atoms with E-state index in [0.29, 0.717) is 0 Å². The minimum atomic E-state index is 1.37. The van der Waals surface area contributed by atoms with Crippen LogP contribution in [0.4, 0.5) is 0 Å². The second kappa shape index (κ2) is 31.7. The quantitative estimate of drug-likeness (QED) is 0.0964. The molecule has 0 saturated heterocycles. The lowest BCUT2D eigenvalue weighted by atomic mass is 10.1. The molecule has 0 atom stereocenters. The Bertz CT molecular complexity index is 275. The third-order valence-corrected chi connectivity index (χ3v) is 9.06. The van der Waals surface area contributed by atoms with Gasteiger partial charge < -0.3 is 0 Å². The summed E-state index contributed by atoms with van der Waals surface area (Å²) in [6.07, 6.45) is 35.1. The van der Waals surface area contributed by atoms with Crippen LogP contribution in [0.3, 0.4) is 0 Å². The van der Waals surface area contributed by atoms with Crippen molar-refractivity contribution in [2.75, 3.05) is 23.0 Å². The van der Waals surface area contributed by atoms with E-state index in [2.05, 4.69) is 37.4 Å². The lowest BCUT2D eigenvalue weighted by Gasteiger charge is -2.04. The molecule has 194 valence electrons. The molecule has 0 heterocycles. The molecule has 0 aliphatic heterocycles. The van der Waals surface area contributed by atoms with Gasteiger partial charge in [0.25, 0.3) is 0 Å². The normalized spacial score (nSPS) is 11.4. The molecule has 0 aromatic carbocycles. The number of unbranched alkanes of at least 4 members (excludes halogenated alkanes) is 22. The standard InChI is InChI=1S/C30H62S2/c1-3-5-7-9-11-13-15-17-19-21-23-25-27-31-29-30-32-28-26-24-22-20-18-16-14-12-10-8-6-4-2/h3-30H2,1-2H3. The van der Waals surface area contributed by atoms with E-state index >= 15 is 0 Å². The van der Waals surface area contributed by atoms with Crippen LogP contribution in [0, 0.1) is 0 Å². The molecule has 0 unspecified atom stereocenters. The van der Waals surface area contributed by atoms with Crippen molar-refractivity contribution < 1.29 is 0 Å². The lowest BCUT2D eigenvalue weighted by molar-refractivity contribution is 0.548. The van der Waals surface area contributed by atoms with Crippen LogP contribution >= 0.6 is 23.5 Å². The molecule has 0 saturated carbocycles. The number of hydrogen-bond acceptors (Lipinski definition) is 2. The molecular weight excluding hydrogens is 424 g/mol. The minimum Gasteiger partial charge on any atom is -0.161 e. The van der Waals surface area contributed by atoms with Crippen molar-refractivity contribution in [2.45, 2.75) is 168 Å². The lowest BCUT2D eigenvalue weighted by Crippen LogP contribution is -1.90. The van der Waals surface area contributed by atoms with Gasteiger partial charge in [-0.05, 0) is 24.3 Å². The van der Waals surface area contributed by atoms with Gasteiger partial charge in [-0.2, -0.15) is 23.5 Å². The maximum Gasteiger partial charge on any atom is 0.00235 e. The summed E-state index contributed by atoms with van der Waals surface area (Å²) in [7, 11) is 0. The van der Waals surface area contributed by atoms with E-state index < -0.39 is 0 Å². The zero-order chi connectivity index (χ0) is 23.2. The van der Waals surface area contributed by atoms with Gasteiger partial charge in [0.1, 0.15) is 0 Å². The van der Waals surface area contributed by atoms with E-state index in [9.17, 15) is 0 Å². The van der Waals surface area contributed by atoms with Crippen molar-refractivity contribution in [3.63, 3.8) is 0 Å². The highest BCUT2D eigenvalue weighted by atomic mass is 32.2. The Balaban J connectivity index is 2.98. The molecule has 2 heteroatoms. The van der Waals surface area contributed by atoms with Crippen LogP contribution in [0.15, 0.2) is 0 Å². The monoisotopic (exact) mass is 486 g/mol. The molecule has 0 aromatic rings. The molecule has 0 nitrogen and oxygen atoms in total. The zero-order valence-corrected chi connectivity index (χ0v) is 24.2. The first-order valence-corrected chi connectivity index (χ1v) is 17.4. The van der Waals surface area contributed by atoms with Gasteiger partial charge in [0.2, 0.25) is 0 Å².